The number of aromatic amines is 1. The van der Waals surface area contributed by atoms with E-state index in [2.05, 4.69) is 20.1 Å². The molecule has 2 heterocycles. The molecule has 0 aliphatic rings. The second-order valence-corrected chi connectivity index (χ2v) is 3.54. The zero-order valence-electron chi connectivity index (χ0n) is 9.71. The van der Waals surface area contributed by atoms with Crippen molar-refractivity contribution in [2.24, 2.45) is 0 Å². The van der Waals surface area contributed by atoms with Gasteiger partial charge in [-0.25, -0.2) is 9.78 Å². The molecule has 0 saturated carbocycles. The topological polar surface area (TPSA) is 114 Å². The normalized spacial score (nSPS) is 10.7. The van der Waals surface area contributed by atoms with Crippen LogP contribution in [0.4, 0.5) is 0 Å². The lowest BCUT2D eigenvalue weighted by Gasteiger charge is -1.93. The summed E-state index contributed by atoms with van der Waals surface area (Å²) >= 11 is 0. The van der Waals surface area contributed by atoms with Crippen LogP contribution in [0.5, 0.6) is 0 Å². The van der Waals surface area contributed by atoms with E-state index in [0.29, 0.717) is 18.9 Å². The first-order chi connectivity index (χ1) is 8.72. The zero-order chi connectivity index (χ0) is 13.0. The molecule has 0 fully saturated rings. The highest BCUT2D eigenvalue weighted by atomic mass is 16.5. The number of carbonyl (C=O) groups is 1. The Morgan fingerprint density at radius 1 is 1.61 bits per heavy atom. The minimum Gasteiger partial charge on any atom is -0.476 e. The van der Waals surface area contributed by atoms with Crippen molar-refractivity contribution in [2.45, 2.75) is 12.8 Å². The number of imidazole rings is 1. The molecular formula is C10H12N4O4. The van der Waals surface area contributed by atoms with Crippen LogP contribution in [0.3, 0.4) is 0 Å². The van der Waals surface area contributed by atoms with Crippen LogP contribution < -0.4 is 0 Å². The van der Waals surface area contributed by atoms with E-state index in [4.69, 9.17) is 14.4 Å². The molecule has 0 saturated heterocycles. The smallest absolute Gasteiger partial charge is 0.356 e. The fourth-order valence-corrected chi connectivity index (χ4v) is 1.45. The number of methoxy groups -OCH3 is 1. The standard InChI is InChI=1S/C10H12N4O4/c1-17-4-2-3-6-13-9(18-14-6)7-8(10(15)16)12-5-11-7/h5H,2-4H2,1H3,(H,11,12)(H,15,16). The quantitative estimate of drug-likeness (QED) is 0.728. The van der Waals surface area contributed by atoms with Crippen molar-refractivity contribution in [3.8, 4) is 11.6 Å². The Bertz CT molecular complexity index is 533. The number of aryl methyl sites for hydroxylation is 1. The summed E-state index contributed by atoms with van der Waals surface area (Å²) in [6.45, 7) is 0.605. The number of rotatable bonds is 6. The lowest BCUT2D eigenvalue weighted by Crippen LogP contribution is -1.99. The predicted octanol–water partition coefficient (Wildman–Crippen LogP) is 0.737. The Hall–Kier alpha value is -2.22. The minimum absolute atomic E-state index is 0.123. The molecule has 8 nitrogen and oxygen atoms in total. The van der Waals surface area contributed by atoms with Gasteiger partial charge in [0, 0.05) is 20.1 Å². The van der Waals surface area contributed by atoms with Gasteiger partial charge in [-0.1, -0.05) is 5.16 Å². The van der Waals surface area contributed by atoms with Gasteiger partial charge in [0.05, 0.1) is 6.33 Å². The molecule has 18 heavy (non-hydrogen) atoms. The fourth-order valence-electron chi connectivity index (χ4n) is 1.45. The SMILES string of the molecule is COCCCc1noc(-c2[nH]cnc2C(=O)O)n1. The first-order valence-corrected chi connectivity index (χ1v) is 5.31. The van der Waals surface area contributed by atoms with E-state index in [9.17, 15) is 4.79 Å². The molecule has 0 amide bonds. The number of hydrogen-bond acceptors (Lipinski definition) is 6. The molecule has 96 valence electrons. The number of carboxylic acid groups (broad SMARTS) is 1. The number of hydrogen-bond donors (Lipinski definition) is 2. The maximum absolute atomic E-state index is 10.9. The number of ether oxygens (including phenoxy) is 1. The number of aromatic nitrogens is 4. The predicted molar refractivity (Wildman–Crippen MR) is 59.0 cm³/mol. The van der Waals surface area contributed by atoms with Crippen molar-refractivity contribution in [3.63, 3.8) is 0 Å². The number of carboxylic acids is 1. The summed E-state index contributed by atoms with van der Waals surface area (Å²) in [5.74, 6) is -0.518. The highest BCUT2D eigenvalue weighted by Crippen LogP contribution is 2.18. The van der Waals surface area contributed by atoms with Gasteiger partial charge in [-0.05, 0) is 6.42 Å². The van der Waals surface area contributed by atoms with Crippen molar-refractivity contribution in [1.29, 1.82) is 0 Å². The van der Waals surface area contributed by atoms with Crippen LogP contribution in [0.1, 0.15) is 22.7 Å². The van der Waals surface area contributed by atoms with E-state index >= 15 is 0 Å². The van der Waals surface area contributed by atoms with Crippen LogP contribution in [0.15, 0.2) is 10.9 Å². The first-order valence-electron chi connectivity index (χ1n) is 5.31. The van der Waals surface area contributed by atoms with Crippen LogP contribution in [0.25, 0.3) is 11.6 Å². The van der Waals surface area contributed by atoms with Crippen LogP contribution in [-0.2, 0) is 11.2 Å². The van der Waals surface area contributed by atoms with Gasteiger partial charge in [0.1, 0.15) is 5.69 Å². The van der Waals surface area contributed by atoms with Crippen molar-refractivity contribution < 1.29 is 19.2 Å². The lowest BCUT2D eigenvalue weighted by atomic mass is 10.3. The van der Waals surface area contributed by atoms with Crippen LogP contribution in [-0.4, -0.2) is 44.9 Å². The second kappa shape index (κ2) is 5.41. The van der Waals surface area contributed by atoms with Gasteiger partial charge < -0.3 is 19.4 Å². The van der Waals surface area contributed by atoms with Gasteiger partial charge in [0.2, 0.25) is 0 Å². The summed E-state index contributed by atoms with van der Waals surface area (Å²) in [5.41, 5.74) is 0.0788. The lowest BCUT2D eigenvalue weighted by molar-refractivity contribution is 0.0691. The molecule has 8 heteroatoms. The monoisotopic (exact) mass is 252 g/mol. The van der Waals surface area contributed by atoms with Gasteiger partial charge >= 0.3 is 5.97 Å². The Morgan fingerprint density at radius 3 is 3.17 bits per heavy atom. The third-order valence-electron chi connectivity index (χ3n) is 2.27. The van der Waals surface area contributed by atoms with Crippen molar-refractivity contribution in [1.82, 2.24) is 20.1 Å². The number of nitrogens with one attached hydrogen (secondary N) is 1. The number of aromatic carboxylic acids is 1. The number of H-pyrrole nitrogens is 1. The molecular weight excluding hydrogens is 240 g/mol. The van der Waals surface area contributed by atoms with Gasteiger partial charge in [-0.15, -0.1) is 0 Å². The van der Waals surface area contributed by atoms with E-state index < -0.39 is 5.97 Å². The third kappa shape index (κ3) is 2.54. The van der Waals surface area contributed by atoms with Crippen LogP contribution in [0.2, 0.25) is 0 Å². The van der Waals surface area contributed by atoms with E-state index in [1.54, 1.807) is 7.11 Å². The Balaban J connectivity index is 2.14. The fraction of sp³-hybridized carbons (Fsp3) is 0.400. The highest BCUT2D eigenvalue weighted by molar-refractivity contribution is 5.91. The second-order valence-electron chi connectivity index (χ2n) is 3.54. The first kappa shape index (κ1) is 12.2. The van der Waals surface area contributed by atoms with Crippen molar-refractivity contribution in [3.05, 3.63) is 17.8 Å². The molecule has 2 rings (SSSR count). The molecule has 0 unspecified atom stereocenters. The minimum atomic E-state index is -1.15. The summed E-state index contributed by atoms with van der Waals surface area (Å²) in [4.78, 5) is 21.3. The maximum atomic E-state index is 10.9. The summed E-state index contributed by atoms with van der Waals surface area (Å²) < 4.78 is 9.91. The van der Waals surface area contributed by atoms with Crippen LogP contribution >= 0.6 is 0 Å². The van der Waals surface area contributed by atoms with Gasteiger partial charge in [0.15, 0.2) is 11.5 Å². The Morgan fingerprint density at radius 2 is 2.44 bits per heavy atom. The molecule has 2 aromatic rings. The average molecular weight is 252 g/mol. The highest BCUT2D eigenvalue weighted by Gasteiger charge is 2.19. The summed E-state index contributed by atoms with van der Waals surface area (Å²) in [5, 5.41) is 12.7. The molecule has 0 aromatic carbocycles. The van der Waals surface area contributed by atoms with Crippen LogP contribution in [0, 0.1) is 0 Å². The molecule has 0 atom stereocenters. The van der Waals surface area contributed by atoms with E-state index in [0.717, 1.165) is 6.42 Å². The van der Waals surface area contributed by atoms with E-state index in [1.807, 2.05) is 0 Å². The average Bonchev–Trinajstić information content (AvgIpc) is 2.96. The van der Waals surface area contributed by atoms with E-state index in [-0.39, 0.29) is 17.3 Å². The zero-order valence-corrected chi connectivity index (χ0v) is 9.71. The molecule has 2 N–H and O–H groups in total. The third-order valence-corrected chi connectivity index (χ3v) is 2.27. The molecule has 0 radical (unpaired) electrons. The molecule has 0 aliphatic carbocycles. The molecule has 0 bridgehead atoms. The molecule has 0 spiro atoms. The summed E-state index contributed by atoms with van der Waals surface area (Å²) in [6, 6.07) is 0. The number of nitrogens with zero attached hydrogens (tertiary/aromatic N) is 3. The Kier molecular flexibility index (Phi) is 3.68. The van der Waals surface area contributed by atoms with Crippen molar-refractivity contribution in [2.75, 3.05) is 13.7 Å². The maximum Gasteiger partial charge on any atom is 0.356 e. The molecule has 2 aromatic heterocycles. The van der Waals surface area contributed by atoms with E-state index in [1.165, 1.54) is 6.33 Å². The molecule has 0 aliphatic heterocycles. The Labute approximate surface area is 102 Å². The van der Waals surface area contributed by atoms with Gasteiger partial charge in [0.25, 0.3) is 5.89 Å². The summed E-state index contributed by atoms with van der Waals surface area (Å²) in [6.07, 6.45) is 2.64. The largest absolute Gasteiger partial charge is 0.476 e. The van der Waals surface area contributed by atoms with Gasteiger partial charge in [-0.2, -0.15) is 4.98 Å². The van der Waals surface area contributed by atoms with Crippen molar-refractivity contribution >= 4 is 5.97 Å². The van der Waals surface area contributed by atoms with Gasteiger partial charge in [-0.3, -0.25) is 0 Å². The summed E-state index contributed by atoms with van der Waals surface area (Å²) in [7, 11) is 1.62.